The Morgan fingerprint density at radius 2 is 1.25 bits per heavy atom. The minimum absolute atomic E-state index is 1.33. The molecule has 3 rings (SSSR count). The number of halogens is 2. The van der Waals surface area contributed by atoms with Crippen LogP contribution in [0.5, 0.6) is 0 Å². The number of benzene rings is 2. The van der Waals surface area contributed by atoms with E-state index in [1.807, 2.05) is 0 Å². The van der Waals surface area contributed by atoms with E-state index in [0.717, 1.165) is 0 Å². The first kappa shape index (κ1) is 11.1. The Kier molecular flexibility index (Phi) is 2.28. The summed E-state index contributed by atoms with van der Waals surface area (Å²) >= 11 is 2.53. The number of hydrogen-bond donors (Lipinski definition) is 0. The van der Waals surface area contributed by atoms with Gasteiger partial charge < -0.3 is 0 Å². The van der Waals surface area contributed by atoms with E-state index < -0.39 is 8.16 Å². The Morgan fingerprint density at radius 3 is 1.69 bits per heavy atom. The number of hydrogen-bond acceptors (Lipinski definition) is 0. The second-order valence-electron chi connectivity index (χ2n) is 4.33. The molecule has 0 bridgehead atoms. The van der Waals surface area contributed by atoms with Crippen molar-refractivity contribution in [2.45, 2.75) is 5.71 Å². The molecule has 0 aliphatic carbocycles. The molecule has 2 aromatic carbocycles. The van der Waals surface area contributed by atoms with Crippen molar-refractivity contribution >= 4 is 46.9 Å². The second kappa shape index (κ2) is 3.28. The fourth-order valence-electron chi connectivity index (χ4n) is 2.41. The van der Waals surface area contributed by atoms with Crippen molar-refractivity contribution in [3.05, 3.63) is 48.5 Å². The molecule has 0 saturated carbocycles. The van der Waals surface area contributed by atoms with Gasteiger partial charge in [0, 0.05) is 0 Å². The van der Waals surface area contributed by atoms with Gasteiger partial charge in [-0.25, -0.2) is 0 Å². The van der Waals surface area contributed by atoms with E-state index in [-0.39, 0.29) is 0 Å². The second-order valence-corrected chi connectivity index (χ2v) is 31.7. The summed E-state index contributed by atoms with van der Waals surface area (Å²) in [6.07, 6.45) is 0. The molecule has 2 aromatic rings. The Labute approximate surface area is 111 Å². The van der Waals surface area contributed by atoms with Crippen LogP contribution in [-0.2, 0) is 0 Å². The van der Waals surface area contributed by atoms with Crippen molar-refractivity contribution in [1.82, 2.24) is 0 Å². The van der Waals surface area contributed by atoms with Gasteiger partial charge in [0.05, 0.1) is 0 Å². The maximum absolute atomic E-state index is 7.05. The Hall–Kier alpha value is 0.0184. The van der Waals surface area contributed by atoms with E-state index in [1.165, 1.54) is 19.8 Å². The standard InChI is InChI=1S/C13H11AsClI/c1-14(15,16)12-8-4-2-6-10(12)11-7-3-5-9-13(11)14/h2-9H,1H3. The monoisotopic (exact) mass is 404 g/mol. The Balaban J connectivity index is 2.50. The molecular weight excluding hydrogens is 393 g/mol. The first-order valence-corrected chi connectivity index (χ1v) is 17.1. The summed E-state index contributed by atoms with van der Waals surface area (Å²) < 4.78 is 2.73. The van der Waals surface area contributed by atoms with Crippen molar-refractivity contribution in [2.24, 2.45) is 0 Å². The van der Waals surface area contributed by atoms with Crippen LogP contribution in [0.3, 0.4) is 0 Å². The molecule has 0 radical (unpaired) electrons. The zero-order chi connectivity index (χ0) is 11.4. The quantitative estimate of drug-likeness (QED) is 0.466. The van der Waals surface area contributed by atoms with Gasteiger partial charge in [-0.15, -0.1) is 0 Å². The van der Waals surface area contributed by atoms with E-state index in [2.05, 4.69) is 74.4 Å². The molecule has 0 nitrogen and oxygen atoms in total. The number of rotatable bonds is 0. The van der Waals surface area contributed by atoms with Gasteiger partial charge in [0.2, 0.25) is 0 Å². The first-order chi connectivity index (χ1) is 7.49. The molecule has 0 amide bonds. The molecule has 0 aromatic heterocycles. The van der Waals surface area contributed by atoms with Gasteiger partial charge in [0.15, 0.2) is 0 Å². The van der Waals surface area contributed by atoms with Crippen molar-refractivity contribution in [3.8, 4) is 11.1 Å². The molecule has 0 saturated heterocycles. The van der Waals surface area contributed by atoms with E-state index in [9.17, 15) is 0 Å². The van der Waals surface area contributed by atoms with E-state index in [0.29, 0.717) is 0 Å². The third-order valence-electron chi connectivity index (χ3n) is 3.19. The van der Waals surface area contributed by atoms with Gasteiger partial charge in [0.1, 0.15) is 0 Å². The third-order valence-corrected chi connectivity index (χ3v) is 16.7. The first-order valence-electron chi connectivity index (χ1n) is 5.14. The normalized spacial score (nSPS) is 21.6. The predicted octanol–water partition coefficient (Wildman–Crippen LogP) is 3.48. The Morgan fingerprint density at radius 1 is 0.875 bits per heavy atom. The topological polar surface area (TPSA) is 0 Å². The maximum atomic E-state index is 7.05. The van der Waals surface area contributed by atoms with E-state index in [1.54, 1.807) is 0 Å². The summed E-state index contributed by atoms with van der Waals surface area (Å²) in [7, 11) is 4.04. The van der Waals surface area contributed by atoms with Crippen molar-refractivity contribution in [1.29, 1.82) is 0 Å². The molecule has 1 heterocycles. The van der Waals surface area contributed by atoms with Gasteiger partial charge in [0.25, 0.3) is 0 Å². The van der Waals surface area contributed by atoms with Crippen LogP contribution in [0.2, 0.25) is 5.71 Å². The average molecular weight is 405 g/mol. The minimum atomic E-state index is -3.00. The predicted molar refractivity (Wildman–Crippen MR) is 82.6 cm³/mol. The van der Waals surface area contributed by atoms with Crippen molar-refractivity contribution in [3.63, 3.8) is 0 Å². The zero-order valence-electron chi connectivity index (χ0n) is 8.82. The zero-order valence-corrected chi connectivity index (χ0v) is 13.6. The molecule has 0 unspecified atom stereocenters. The molecule has 0 N–H and O–H groups in total. The van der Waals surface area contributed by atoms with Crippen LogP contribution in [0.15, 0.2) is 48.5 Å². The van der Waals surface area contributed by atoms with Crippen molar-refractivity contribution in [2.75, 3.05) is 0 Å². The van der Waals surface area contributed by atoms with Gasteiger partial charge in [-0.1, -0.05) is 0 Å². The molecule has 1 aliphatic heterocycles. The third kappa shape index (κ3) is 1.35. The van der Waals surface area contributed by atoms with Crippen LogP contribution in [0, 0.1) is 0 Å². The molecule has 0 fully saturated rings. The fourth-order valence-corrected chi connectivity index (χ4v) is 13.7. The van der Waals surface area contributed by atoms with Gasteiger partial charge in [-0.05, 0) is 0 Å². The molecule has 82 valence electrons. The summed E-state index contributed by atoms with van der Waals surface area (Å²) in [6, 6.07) is 17.1. The molecule has 0 spiro atoms. The SMILES string of the molecule is C[As]1(Cl)(I)c2ccccc2-c2ccccc21. The summed E-state index contributed by atoms with van der Waals surface area (Å²) in [6.45, 7) is 0. The Bertz CT molecular complexity index is 534. The summed E-state index contributed by atoms with van der Waals surface area (Å²) in [4.78, 5) is 0. The summed E-state index contributed by atoms with van der Waals surface area (Å²) in [5, 5.41) is 0. The molecule has 3 heteroatoms. The summed E-state index contributed by atoms with van der Waals surface area (Å²) in [5.74, 6) is 0. The van der Waals surface area contributed by atoms with Gasteiger partial charge in [-0.3, -0.25) is 0 Å². The van der Waals surface area contributed by atoms with Crippen LogP contribution in [-0.4, -0.2) is 8.16 Å². The molecule has 16 heavy (non-hydrogen) atoms. The van der Waals surface area contributed by atoms with Crippen LogP contribution >= 0.6 is 30.1 Å². The number of fused-ring (bicyclic) bond motifs is 3. The van der Waals surface area contributed by atoms with Crippen LogP contribution in [0.4, 0.5) is 0 Å². The molecular formula is C13H11AsClI. The average Bonchev–Trinajstić information content (AvgIpc) is 2.47. The van der Waals surface area contributed by atoms with E-state index >= 15 is 0 Å². The molecule has 0 atom stereocenters. The van der Waals surface area contributed by atoms with Crippen LogP contribution in [0.1, 0.15) is 0 Å². The van der Waals surface area contributed by atoms with Gasteiger partial charge >= 0.3 is 112 Å². The fraction of sp³-hybridized carbons (Fsp3) is 0.0769. The van der Waals surface area contributed by atoms with Crippen molar-refractivity contribution < 1.29 is 0 Å². The summed E-state index contributed by atoms with van der Waals surface area (Å²) in [5.41, 5.74) is 4.91. The van der Waals surface area contributed by atoms with E-state index in [4.69, 9.17) is 9.95 Å². The van der Waals surface area contributed by atoms with Crippen LogP contribution in [0.25, 0.3) is 11.1 Å². The van der Waals surface area contributed by atoms with Gasteiger partial charge in [-0.2, -0.15) is 0 Å². The van der Waals surface area contributed by atoms with Crippen LogP contribution < -0.4 is 8.70 Å². The molecule has 1 aliphatic rings.